The standard InChI is InChI=1S/C10H21NO/c1-8(6-11)9-4-5-10(2,3)7-12-9/h8-9H,4-7,11H2,1-3H3. The molecule has 0 aromatic carbocycles. The number of hydrogen-bond donors (Lipinski definition) is 1. The van der Waals surface area contributed by atoms with E-state index in [1.807, 2.05) is 0 Å². The molecule has 0 spiro atoms. The van der Waals surface area contributed by atoms with E-state index in [1.165, 1.54) is 12.8 Å². The summed E-state index contributed by atoms with van der Waals surface area (Å²) in [5.41, 5.74) is 5.97. The summed E-state index contributed by atoms with van der Waals surface area (Å²) in [6.07, 6.45) is 2.84. The molecule has 0 aliphatic carbocycles. The Morgan fingerprint density at radius 2 is 2.25 bits per heavy atom. The van der Waals surface area contributed by atoms with Gasteiger partial charge in [0.1, 0.15) is 0 Å². The van der Waals surface area contributed by atoms with E-state index >= 15 is 0 Å². The third-order valence-electron chi connectivity index (χ3n) is 2.80. The lowest BCUT2D eigenvalue weighted by molar-refractivity contribution is -0.0695. The lowest BCUT2D eigenvalue weighted by Crippen LogP contribution is -2.37. The molecule has 0 bridgehead atoms. The summed E-state index contributed by atoms with van der Waals surface area (Å²) in [5, 5.41) is 0. The Morgan fingerprint density at radius 3 is 2.67 bits per heavy atom. The molecule has 12 heavy (non-hydrogen) atoms. The van der Waals surface area contributed by atoms with Gasteiger partial charge in [0.2, 0.25) is 0 Å². The van der Waals surface area contributed by atoms with Crippen molar-refractivity contribution in [2.45, 2.75) is 39.7 Å². The van der Waals surface area contributed by atoms with Gasteiger partial charge in [0.25, 0.3) is 0 Å². The predicted octanol–water partition coefficient (Wildman–Crippen LogP) is 1.79. The Labute approximate surface area is 75.5 Å². The van der Waals surface area contributed by atoms with Gasteiger partial charge in [-0.25, -0.2) is 0 Å². The van der Waals surface area contributed by atoms with Crippen LogP contribution in [0.3, 0.4) is 0 Å². The van der Waals surface area contributed by atoms with Gasteiger partial charge in [-0.1, -0.05) is 20.8 Å². The highest BCUT2D eigenvalue weighted by Crippen LogP contribution is 2.31. The van der Waals surface area contributed by atoms with Gasteiger partial charge < -0.3 is 10.5 Å². The fourth-order valence-electron chi connectivity index (χ4n) is 1.62. The molecule has 2 N–H and O–H groups in total. The average molecular weight is 171 g/mol. The fourth-order valence-corrected chi connectivity index (χ4v) is 1.62. The summed E-state index contributed by atoms with van der Waals surface area (Å²) in [6.45, 7) is 8.32. The maximum absolute atomic E-state index is 5.77. The molecule has 2 nitrogen and oxygen atoms in total. The molecule has 0 aromatic heterocycles. The van der Waals surface area contributed by atoms with Gasteiger partial charge in [-0.2, -0.15) is 0 Å². The molecule has 1 aliphatic heterocycles. The quantitative estimate of drug-likeness (QED) is 0.687. The molecular formula is C10H21NO. The van der Waals surface area contributed by atoms with Crippen molar-refractivity contribution < 1.29 is 4.74 Å². The Hall–Kier alpha value is -0.0800. The molecule has 72 valence electrons. The van der Waals surface area contributed by atoms with Gasteiger partial charge in [0.15, 0.2) is 0 Å². The number of rotatable bonds is 2. The van der Waals surface area contributed by atoms with Crippen molar-refractivity contribution in [3.05, 3.63) is 0 Å². The van der Waals surface area contributed by atoms with Crippen molar-refractivity contribution in [3.8, 4) is 0 Å². The first-order valence-electron chi connectivity index (χ1n) is 4.87. The van der Waals surface area contributed by atoms with Crippen LogP contribution in [-0.4, -0.2) is 19.3 Å². The molecule has 0 amide bonds. The van der Waals surface area contributed by atoms with Crippen molar-refractivity contribution in [2.75, 3.05) is 13.2 Å². The first-order valence-corrected chi connectivity index (χ1v) is 4.87. The minimum absolute atomic E-state index is 0.380. The van der Waals surface area contributed by atoms with Crippen LogP contribution in [0, 0.1) is 11.3 Å². The minimum atomic E-state index is 0.380. The van der Waals surface area contributed by atoms with Gasteiger partial charge in [-0.3, -0.25) is 0 Å². The van der Waals surface area contributed by atoms with Crippen LogP contribution < -0.4 is 5.73 Å². The zero-order valence-electron chi connectivity index (χ0n) is 8.47. The van der Waals surface area contributed by atoms with E-state index in [9.17, 15) is 0 Å². The molecule has 2 heteroatoms. The van der Waals surface area contributed by atoms with Crippen LogP contribution in [0.25, 0.3) is 0 Å². The molecule has 1 aliphatic rings. The lowest BCUT2D eigenvalue weighted by atomic mass is 9.83. The van der Waals surface area contributed by atoms with Crippen LogP contribution in [0.2, 0.25) is 0 Å². The van der Waals surface area contributed by atoms with Gasteiger partial charge in [-0.05, 0) is 30.7 Å². The van der Waals surface area contributed by atoms with Gasteiger partial charge in [0, 0.05) is 0 Å². The molecular weight excluding hydrogens is 150 g/mol. The monoisotopic (exact) mass is 171 g/mol. The van der Waals surface area contributed by atoms with Gasteiger partial charge in [0.05, 0.1) is 12.7 Å². The van der Waals surface area contributed by atoms with Crippen LogP contribution in [0.5, 0.6) is 0 Å². The third kappa shape index (κ3) is 2.46. The van der Waals surface area contributed by atoms with Crippen molar-refractivity contribution in [1.82, 2.24) is 0 Å². The summed E-state index contributed by atoms with van der Waals surface area (Å²) in [7, 11) is 0. The maximum Gasteiger partial charge on any atom is 0.0613 e. The Morgan fingerprint density at radius 1 is 1.58 bits per heavy atom. The van der Waals surface area contributed by atoms with Crippen molar-refractivity contribution in [2.24, 2.45) is 17.1 Å². The highest BCUT2D eigenvalue weighted by atomic mass is 16.5. The SMILES string of the molecule is CC(CN)C1CCC(C)(C)CO1. The van der Waals surface area contributed by atoms with Gasteiger partial charge in [-0.15, -0.1) is 0 Å². The van der Waals surface area contributed by atoms with E-state index in [1.54, 1.807) is 0 Å². The minimum Gasteiger partial charge on any atom is -0.377 e. The topological polar surface area (TPSA) is 35.2 Å². The summed E-state index contributed by atoms with van der Waals surface area (Å²) in [6, 6.07) is 0. The second-order valence-corrected chi connectivity index (χ2v) is 4.77. The Balaban J connectivity index is 2.36. The zero-order chi connectivity index (χ0) is 9.19. The van der Waals surface area contributed by atoms with Crippen molar-refractivity contribution in [1.29, 1.82) is 0 Å². The third-order valence-corrected chi connectivity index (χ3v) is 2.80. The molecule has 2 atom stereocenters. The Bertz CT molecular complexity index is 135. The van der Waals surface area contributed by atoms with E-state index in [4.69, 9.17) is 10.5 Å². The van der Waals surface area contributed by atoms with E-state index in [2.05, 4.69) is 20.8 Å². The number of ether oxygens (including phenoxy) is 1. The molecule has 0 aromatic rings. The number of nitrogens with two attached hydrogens (primary N) is 1. The molecule has 1 heterocycles. The summed E-state index contributed by atoms with van der Waals surface area (Å²) < 4.78 is 5.77. The lowest BCUT2D eigenvalue weighted by Gasteiger charge is -2.36. The molecule has 2 unspecified atom stereocenters. The first kappa shape index (κ1) is 10.0. The largest absolute Gasteiger partial charge is 0.377 e. The normalized spacial score (nSPS) is 31.5. The van der Waals surface area contributed by atoms with Crippen molar-refractivity contribution >= 4 is 0 Å². The van der Waals surface area contributed by atoms with Crippen LogP contribution >= 0.6 is 0 Å². The molecule has 1 rings (SSSR count). The second kappa shape index (κ2) is 3.75. The summed E-state index contributed by atoms with van der Waals surface area (Å²) in [4.78, 5) is 0. The zero-order valence-corrected chi connectivity index (χ0v) is 8.47. The number of hydrogen-bond acceptors (Lipinski definition) is 2. The van der Waals surface area contributed by atoms with Crippen LogP contribution in [0.1, 0.15) is 33.6 Å². The highest BCUT2D eigenvalue weighted by molar-refractivity contribution is 4.79. The summed E-state index contributed by atoms with van der Waals surface area (Å²) in [5.74, 6) is 0.515. The van der Waals surface area contributed by atoms with Crippen LogP contribution in [-0.2, 0) is 4.74 Å². The first-order chi connectivity index (χ1) is 5.55. The smallest absolute Gasteiger partial charge is 0.0613 e. The maximum atomic E-state index is 5.77. The van der Waals surface area contributed by atoms with Crippen LogP contribution in [0.15, 0.2) is 0 Å². The van der Waals surface area contributed by atoms with E-state index in [0.29, 0.717) is 17.4 Å². The molecule has 1 saturated heterocycles. The Kier molecular flexibility index (Phi) is 3.13. The fraction of sp³-hybridized carbons (Fsp3) is 1.00. The average Bonchev–Trinajstić information content (AvgIpc) is 2.03. The van der Waals surface area contributed by atoms with Crippen LogP contribution in [0.4, 0.5) is 0 Å². The van der Waals surface area contributed by atoms with Crippen molar-refractivity contribution in [3.63, 3.8) is 0 Å². The van der Waals surface area contributed by atoms with E-state index in [-0.39, 0.29) is 0 Å². The van der Waals surface area contributed by atoms with Gasteiger partial charge >= 0.3 is 0 Å². The predicted molar refractivity (Wildman–Crippen MR) is 51.0 cm³/mol. The van der Waals surface area contributed by atoms with E-state index < -0.39 is 0 Å². The highest BCUT2D eigenvalue weighted by Gasteiger charge is 2.29. The second-order valence-electron chi connectivity index (χ2n) is 4.77. The molecule has 0 saturated carbocycles. The molecule has 0 radical (unpaired) electrons. The molecule has 1 fully saturated rings. The van der Waals surface area contributed by atoms with E-state index in [0.717, 1.165) is 13.2 Å². The summed E-state index contributed by atoms with van der Waals surface area (Å²) >= 11 is 0.